The summed E-state index contributed by atoms with van der Waals surface area (Å²) in [5.74, 6) is 0. The van der Waals surface area contributed by atoms with Crippen molar-refractivity contribution in [2.75, 3.05) is 0 Å². The molecule has 0 aliphatic heterocycles. The van der Waals surface area contributed by atoms with Gasteiger partial charge in [0, 0.05) is 9.64 Å². The normalized spacial score (nSPS) is 10.8. The molecule has 0 unspecified atom stereocenters. The highest BCUT2D eigenvalue weighted by molar-refractivity contribution is 14.1. The molecule has 0 N–H and O–H groups in total. The summed E-state index contributed by atoms with van der Waals surface area (Å²) in [6, 6.07) is 1.57. The lowest BCUT2D eigenvalue weighted by Crippen LogP contribution is -2.21. The lowest BCUT2D eigenvalue weighted by atomic mass is 10.5. The molecule has 0 aromatic carbocycles. The Bertz CT molecular complexity index is 343. The Labute approximate surface area is 84.2 Å². The van der Waals surface area contributed by atoms with E-state index in [-0.39, 0.29) is 5.56 Å². The topological polar surface area (TPSA) is 34.9 Å². The van der Waals surface area contributed by atoms with E-state index in [0.29, 0.717) is 6.54 Å². The Morgan fingerprint density at radius 1 is 1.75 bits per heavy atom. The molecule has 1 heterocycles. The van der Waals surface area contributed by atoms with Crippen LogP contribution in [0.4, 0.5) is 0 Å². The van der Waals surface area contributed by atoms with Crippen LogP contribution in [0.5, 0.6) is 0 Å². The monoisotopic (exact) mass is 276 g/mol. The van der Waals surface area contributed by atoms with Crippen molar-refractivity contribution in [3.05, 3.63) is 38.3 Å². The third kappa shape index (κ3) is 2.44. The number of nitrogens with zero attached hydrogens (tertiary/aromatic N) is 2. The quantitative estimate of drug-likeness (QED) is 0.605. The molecule has 64 valence electrons. The third-order valence-electron chi connectivity index (χ3n) is 1.35. The largest absolute Gasteiger partial charge is 0.268 e. The molecule has 0 radical (unpaired) electrons. The van der Waals surface area contributed by atoms with Crippen molar-refractivity contribution in [1.29, 1.82) is 0 Å². The van der Waals surface area contributed by atoms with Crippen LogP contribution in [0.25, 0.3) is 0 Å². The minimum absolute atomic E-state index is 0.0556. The predicted molar refractivity (Wildman–Crippen MR) is 56.0 cm³/mol. The summed E-state index contributed by atoms with van der Waals surface area (Å²) in [5.41, 5.74) is -0.0556. The number of rotatable bonds is 2. The molecule has 1 rings (SSSR count). The van der Waals surface area contributed by atoms with E-state index in [2.05, 4.69) is 27.7 Å². The van der Waals surface area contributed by atoms with Crippen LogP contribution in [-0.4, -0.2) is 9.78 Å². The zero-order valence-corrected chi connectivity index (χ0v) is 8.85. The molecule has 0 bridgehead atoms. The van der Waals surface area contributed by atoms with Crippen molar-refractivity contribution in [3.63, 3.8) is 0 Å². The highest BCUT2D eigenvalue weighted by atomic mass is 127. The van der Waals surface area contributed by atoms with Gasteiger partial charge in [-0.25, -0.2) is 4.68 Å². The maximum atomic E-state index is 11.2. The van der Waals surface area contributed by atoms with E-state index in [1.54, 1.807) is 12.3 Å². The van der Waals surface area contributed by atoms with Gasteiger partial charge in [-0.15, -0.1) is 0 Å². The Morgan fingerprint density at radius 2 is 2.50 bits per heavy atom. The lowest BCUT2D eigenvalue weighted by molar-refractivity contribution is 0.648. The smallest absolute Gasteiger partial charge is 0.268 e. The first-order valence-electron chi connectivity index (χ1n) is 3.58. The second kappa shape index (κ2) is 4.39. The highest BCUT2D eigenvalue weighted by Crippen LogP contribution is 1.95. The van der Waals surface area contributed by atoms with Gasteiger partial charge in [-0.05, 0) is 29.5 Å². The highest BCUT2D eigenvalue weighted by Gasteiger charge is 1.94. The average molecular weight is 276 g/mol. The zero-order valence-electron chi connectivity index (χ0n) is 6.70. The SMILES string of the molecule is C/C=C/Cn1ncc(I)cc1=O. The summed E-state index contributed by atoms with van der Waals surface area (Å²) in [5, 5.41) is 3.96. The molecule has 0 saturated carbocycles. The van der Waals surface area contributed by atoms with Gasteiger partial charge in [0.05, 0.1) is 12.7 Å². The molecule has 12 heavy (non-hydrogen) atoms. The molecule has 0 fully saturated rings. The van der Waals surface area contributed by atoms with E-state index in [9.17, 15) is 4.79 Å². The zero-order chi connectivity index (χ0) is 8.97. The number of hydrogen-bond donors (Lipinski definition) is 0. The summed E-state index contributed by atoms with van der Waals surface area (Å²) < 4.78 is 2.29. The third-order valence-corrected chi connectivity index (χ3v) is 1.94. The van der Waals surface area contributed by atoms with E-state index < -0.39 is 0 Å². The minimum Gasteiger partial charge on any atom is -0.268 e. The van der Waals surface area contributed by atoms with Gasteiger partial charge in [-0.3, -0.25) is 4.79 Å². The lowest BCUT2D eigenvalue weighted by Gasteiger charge is -1.98. The van der Waals surface area contributed by atoms with Crippen molar-refractivity contribution in [3.8, 4) is 0 Å². The van der Waals surface area contributed by atoms with Crippen molar-refractivity contribution in [2.45, 2.75) is 13.5 Å². The summed E-state index contributed by atoms with van der Waals surface area (Å²) in [6.45, 7) is 2.46. The van der Waals surface area contributed by atoms with Crippen LogP contribution < -0.4 is 5.56 Å². The Hall–Kier alpha value is -0.650. The maximum absolute atomic E-state index is 11.2. The standard InChI is InChI=1S/C8H9IN2O/c1-2-3-4-11-8(12)5-7(9)6-10-11/h2-3,5-6H,4H2,1H3/b3-2+. The molecule has 0 aliphatic carbocycles. The molecule has 0 amide bonds. The van der Waals surface area contributed by atoms with Crippen molar-refractivity contribution in [2.24, 2.45) is 0 Å². The second-order valence-electron chi connectivity index (χ2n) is 2.26. The minimum atomic E-state index is -0.0556. The molecular formula is C8H9IN2O. The first kappa shape index (κ1) is 9.44. The molecule has 0 saturated heterocycles. The number of halogens is 1. The van der Waals surface area contributed by atoms with E-state index in [0.717, 1.165) is 3.57 Å². The van der Waals surface area contributed by atoms with Crippen LogP contribution in [0.1, 0.15) is 6.92 Å². The van der Waals surface area contributed by atoms with Crippen LogP contribution in [0, 0.1) is 3.57 Å². The van der Waals surface area contributed by atoms with E-state index in [1.165, 1.54) is 4.68 Å². The Balaban J connectivity index is 2.94. The fourth-order valence-electron chi connectivity index (χ4n) is 0.754. The molecule has 0 aliphatic rings. The van der Waals surface area contributed by atoms with E-state index in [1.807, 2.05) is 19.1 Å². The van der Waals surface area contributed by atoms with Crippen LogP contribution in [0.15, 0.2) is 29.2 Å². The summed E-state index contributed by atoms with van der Waals surface area (Å²) in [6.07, 6.45) is 5.46. The summed E-state index contributed by atoms with van der Waals surface area (Å²) >= 11 is 2.07. The van der Waals surface area contributed by atoms with Gasteiger partial charge in [0.15, 0.2) is 0 Å². The van der Waals surface area contributed by atoms with E-state index >= 15 is 0 Å². The van der Waals surface area contributed by atoms with E-state index in [4.69, 9.17) is 0 Å². The molecule has 3 nitrogen and oxygen atoms in total. The molecular weight excluding hydrogens is 267 g/mol. The molecule has 4 heteroatoms. The predicted octanol–water partition coefficient (Wildman–Crippen LogP) is 1.42. The number of hydrogen-bond acceptors (Lipinski definition) is 2. The van der Waals surface area contributed by atoms with Gasteiger partial charge < -0.3 is 0 Å². The molecule has 0 spiro atoms. The molecule has 0 atom stereocenters. The van der Waals surface area contributed by atoms with Gasteiger partial charge in [-0.2, -0.15) is 5.10 Å². The fourth-order valence-corrected chi connectivity index (χ4v) is 1.14. The second-order valence-corrected chi connectivity index (χ2v) is 3.51. The van der Waals surface area contributed by atoms with Gasteiger partial charge in [-0.1, -0.05) is 12.2 Å². The number of aromatic nitrogens is 2. The van der Waals surface area contributed by atoms with Crippen LogP contribution in [0.2, 0.25) is 0 Å². The van der Waals surface area contributed by atoms with Crippen LogP contribution in [-0.2, 0) is 6.54 Å². The van der Waals surface area contributed by atoms with Gasteiger partial charge >= 0.3 is 0 Å². The van der Waals surface area contributed by atoms with Crippen molar-refractivity contribution in [1.82, 2.24) is 9.78 Å². The van der Waals surface area contributed by atoms with Gasteiger partial charge in [0.2, 0.25) is 0 Å². The van der Waals surface area contributed by atoms with Gasteiger partial charge in [0.1, 0.15) is 0 Å². The van der Waals surface area contributed by atoms with Crippen molar-refractivity contribution >= 4 is 22.6 Å². The number of allylic oxidation sites excluding steroid dienone is 2. The molecule has 1 aromatic rings. The summed E-state index contributed by atoms with van der Waals surface area (Å²) in [7, 11) is 0. The van der Waals surface area contributed by atoms with Crippen LogP contribution >= 0.6 is 22.6 Å². The Kier molecular flexibility index (Phi) is 3.46. The van der Waals surface area contributed by atoms with Gasteiger partial charge in [0.25, 0.3) is 5.56 Å². The summed E-state index contributed by atoms with van der Waals surface area (Å²) in [4.78, 5) is 11.2. The maximum Gasteiger partial charge on any atom is 0.268 e. The van der Waals surface area contributed by atoms with Crippen molar-refractivity contribution < 1.29 is 0 Å². The molecule has 1 aromatic heterocycles. The first-order valence-corrected chi connectivity index (χ1v) is 4.65. The van der Waals surface area contributed by atoms with Crippen LogP contribution in [0.3, 0.4) is 0 Å². The Morgan fingerprint density at radius 3 is 3.08 bits per heavy atom. The average Bonchev–Trinajstić information content (AvgIpc) is 2.03. The fraction of sp³-hybridized carbons (Fsp3) is 0.250. The first-order chi connectivity index (χ1) is 5.74.